The molecule has 0 aliphatic heterocycles. The molecular formula is C14H13O. The van der Waals surface area contributed by atoms with Crippen LogP contribution in [-0.2, 0) is 11.2 Å². The zero-order chi connectivity index (χ0) is 10.7. The van der Waals surface area contributed by atoms with Gasteiger partial charge in [-0.3, -0.25) is 4.79 Å². The number of carbonyl (C=O) groups is 1. The topological polar surface area (TPSA) is 17.1 Å². The van der Waals surface area contributed by atoms with Crippen LogP contribution in [0.4, 0.5) is 0 Å². The maximum absolute atomic E-state index is 10.9. The Morgan fingerprint density at radius 2 is 1.87 bits per heavy atom. The molecule has 0 bridgehead atoms. The first-order valence-corrected chi connectivity index (χ1v) is 5.08. The molecule has 0 spiro atoms. The molecule has 0 heterocycles. The lowest BCUT2D eigenvalue weighted by Gasteiger charge is -2.04. The summed E-state index contributed by atoms with van der Waals surface area (Å²) in [6.45, 7) is 1.59. The molecule has 0 N–H and O–H groups in total. The average molecular weight is 197 g/mol. The first kappa shape index (κ1) is 9.91. The maximum Gasteiger partial charge on any atom is 0.133 e. The summed E-state index contributed by atoms with van der Waals surface area (Å²) < 4.78 is 0. The lowest BCUT2D eigenvalue weighted by atomic mass is 10.0. The van der Waals surface area contributed by atoms with Crippen molar-refractivity contribution >= 4 is 16.6 Å². The van der Waals surface area contributed by atoms with Crippen LogP contribution < -0.4 is 0 Å². The molecule has 0 unspecified atom stereocenters. The molecule has 2 rings (SSSR count). The standard InChI is InChI=1S/C14H13O/c1-11(15)9-10-13-7-4-6-12-5-2-3-8-14(12)13/h2-9H,10H2,1H3. The second-order valence-corrected chi connectivity index (χ2v) is 3.66. The number of Topliss-reactive ketones (excluding diaryl/α,β-unsaturated/α-hetero) is 1. The van der Waals surface area contributed by atoms with Crippen LogP contribution in [0.1, 0.15) is 12.5 Å². The highest BCUT2D eigenvalue weighted by molar-refractivity contribution is 5.88. The van der Waals surface area contributed by atoms with Crippen LogP contribution in [0.15, 0.2) is 42.5 Å². The molecule has 0 saturated heterocycles. The van der Waals surface area contributed by atoms with Crippen LogP contribution in [0.2, 0.25) is 0 Å². The van der Waals surface area contributed by atoms with E-state index in [-0.39, 0.29) is 5.78 Å². The summed E-state index contributed by atoms with van der Waals surface area (Å²) in [5.74, 6) is 0.128. The molecule has 0 atom stereocenters. The van der Waals surface area contributed by atoms with Gasteiger partial charge in [0.1, 0.15) is 5.78 Å². The first-order valence-electron chi connectivity index (χ1n) is 5.08. The number of fused-ring (bicyclic) bond motifs is 1. The smallest absolute Gasteiger partial charge is 0.133 e. The minimum absolute atomic E-state index is 0.128. The fourth-order valence-corrected chi connectivity index (χ4v) is 1.72. The van der Waals surface area contributed by atoms with Gasteiger partial charge in [0.15, 0.2) is 0 Å². The molecule has 0 fully saturated rings. The predicted molar refractivity (Wildman–Crippen MR) is 62.6 cm³/mol. The SMILES string of the molecule is CC(=O)[CH]Cc1cccc2ccccc12. The molecule has 0 aliphatic rings. The van der Waals surface area contributed by atoms with Gasteiger partial charge in [0.2, 0.25) is 0 Å². The minimum atomic E-state index is 0.128. The summed E-state index contributed by atoms with van der Waals surface area (Å²) in [5.41, 5.74) is 1.21. The third-order valence-electron chi connectivity index (χ3n) is 2.49. The van der Waals surface area contributed by atoms with Gasteiger partial charge in [-0.1, -0.05) is 42.5 Å². The van der Waals surface area contributed by atoms with Gasteiger partial charge < -0.3 is 0 Å². The number of carbonyl (C=O) groups excluding carboxylic acids is 1. The van der Waals surface area contributed by atoms with E-state index in [1.807, 2.05) is 18.2 Å². The van der Waals surface area contributed by atoms with E-state index in [1.165, 1.54) is 16.3 Å². The highest BCUT2D eigenvalue weighted by Crippen LogP contribution is 2.19. The molecule has 75 valence electrons. The summed E-state index contributed by atoms with van der Waals surface area (Å²) >= 11 is 0. The second-order valence-electron chi connectivity index (χ2n) is 3.66. The van der Waals surface area contributed by atoms with Gasteiger partial charge in [-0.2, -0.15) is 0 Å². The van der Waals surface area contributed by atoms with Gasteiger partial charge in [-0.15, -0.1) is 0 Å². The third-order valence-corrected chi connectivity index (χ3v) is 2.49. The number of rotatable bonds is 3. The second kappa shape index (κ2) is 4.26. The van der Waals surface area contributed by atoms with Crippen LogP contribution in [0.5, 0.6) is 0 Å². The Hall–Kier alpha value is -1.63. The average Bonchev–Trinajstić information content (AvgIpc) is 2.26. The molecule has 2 aromatic rings. The van der Waals surface area contributed by atoms with Gasteiger partial charge in [-0.05, 0) is 29.7 Å². The first-order chi connectivity index (χ1) is 7.27. The van der Waals surface area contributed by atoms with E-state index in [0.29, 0.717) is 0 Å². The maximum atomic E-state index is 10.9. The summed E-state index contributed by atoms with van der Waals surface area (Å²) in [6.07, 6.45) is 2.44. The lowest BCUT2D eigenvalue weighted by molar-refractivity contribution is -0.114. The molecule has 1 heteroatoms. The molecular weight excluding hydrogens is 184 g/mol. The predicted octanol–water partition coefficient (Wildman–Crippen LogP) is 3.18. The van der Waals surface area contributed by atoms with E-state index >= 15 is 0 Å². The highest BCUT2D eigenvalue weighted by atomic mass is 16.1. The third kappa shape index (κ3) is 2.24. The monoisotopic (exact) mass is 197 g/mol. The van der Waals surface area contributed by atoms with Crippen molar-refractivity contribution in [1.82, 2.24) is 0 Å². The van der Waals surface area contributed by atoms with E-state index < -0.39 is 0 Å². The molecule has 15 heavy (non-hydrogen) atoms. The van der Waals surface area contributed by atoms with Crippen molar-refractivity contribution in [1.29, 1.82) is 0 Å². The van der Waals surface area contributed by atoms with Crippen LogP contribution in [0, 0.1) is 6.42 Å². The molecule has 0 aromatic heterocycles. The Kier molecular flexibility index (Phi) is 2.82. The van der Waals surface area contributed by atoms with E-state index in [1.54, 1.807) is 13.3 Å². The van der Waals surface area contributed by atoms with Crippen molar-refractivity contribution in [2.24, 2.45) is 0 Å². The number of benzene rings is 2. The van der Waals surface area contributed by atoms with Crippen molar-refractivity contribution in [3.8, 4) is 0 Å². The largest absolute Gasteiger partial charge is 0.300 e. The van der Waals surface area contributed by atoms with E-state index in [4.69, 9.17) is 0 Å². The van der Waals surface area contributed by atoms with Crippen molar-refractivity contribution in [2.75, 3.05) is 0 Å². The van der Waals surface area contributed by atoms with Gasteiger partial charge in [-0.25, -0.2) is 0 Å². The van der Waals surface area contributed by atoms with Crippen molar-refractivity contribution < 1.29 is 4.79 Å². The molecule has 1 radical (unpaired) electrons. The zero-order valence-electron chi connectivity index (χ0n) is 8.73. The number of hydrogen-bond donors (Lipinski definition) is 0. The van der Waals surface area contributed by atoms with Crippen LogP contribution in [-0.4, -0.2) is 5.78 Å². The normalized spacial score (nSPS) is 10.5. The van der Waals surface area contributed by atoms with E-state index in [0.717, 1.165) is 6.42 Å². The fourth-order valence-electron chi connectivity index (χ4n) is 1.72. The molecule has 1 nitrogen and oxygen atoms in total. The summed E-state index contributed by atoms with van der Waals surface area (Å²) in [7, 11) is 0. The van der Waals surface area contributed by atoms with Crippen molar-refractivity contribution in [3.63, 3.8) is 0 Å². The quantitative estimate of drug-likeness (QED) is 0.738. The Balaban J connectivity index is 2.38. The molecule has 0 saturated carbocycles. The Morgan fingerprint density at radius 1 is 1.13 bits per heavy atom. The molecule has 2 aromatic carbocycles. The van der Waals surface area contributed by atoms with Crippen LogP contribution in [0.3, 0.4) is 0 Å². The summed E-state index contributed by atoms with van der Waals surface area (Å²) in [5, 5.41) is 2.46. The van der Waals surface area contributed by atoms with Crippen molar-refractivity contribution in [3.05, 3.63) is 54.4 Å². The number of hydrogen-bond acceptors (Lipinski definition) is 1. The van der Waals surface area contributed by atoms with E-state index in [2.05, 4.69) is 24.3 Å². The van der Waals surface area contributed by atoms with Crippen LogP contribution >= 0.6 is 0 Å². The van der Waals surface area contributed by atoms with E-state index in [9.17, 15) is 4.79 Å². The Labute approximate surface area is 89.7 Å². The van der Waals surface area contributed by atoms with Gasteiger partial charge >= 0.3 is 0 Å². The van der Waals surface area contributed by atoms with Crippen molar-refractivity contribution in [2.45, 2.75) is 13.3 Å². The molecule has 0 amide bonds. The van der Waals surface area contributed by atoms with Gasteiger partial charge in [0.25, 0.3) is 0 Å². The summed E-state index contributed by atoms with van der Waals surface area (Å²) in [6, 6.07) is 14.4. The lowest BCUT2D eigenvalue weighted by Crippen LogP contribution is -1.95. The van der Waals surface area contributed by atoms with Gasteiger partial charge in [0, 0.05) is 6.42 Å². The summed E-state index contributed by atoms with van der Waals surface area (Å²) in [4.78, 5) is 10.9. The minimum Gasteiger partial charge on any atom is -0.300 e. The Bertz CT molecular complexity index is 480. The zero-order valence-corrected chi connectivity index (χ0v) is 8.73. The van der Waals surface area contributed by atoms with Gasteiger partial charge in [0.05, 0.1) is 0 Å². The molecule has 0 aliphatic carbocycles. The fraction of sp³-hybridized carbons (Fsp3) is 0.143. The highest BCUT2D eigenvalue weighted by Gasteiger charge is 2.01. The number of ketones is 1. The van der Waals surface area contributed by atoms with Crippen LogP contribution in [0.25, 0.3) is 10.8 Å². The Morgan fingerprint density at radius 3 is 2.67 bits per heavy atom.